The van der Waals surface area contributed by atoms with Crippen molar-refractivity contribution >= 4 is 32.4 Å². The first kappa shape index (κ1) is 21.9. The van der Waals surface area contributed by atoms with Gasteiger partial charge in [0.15, 0.2) is 16.6 Å². The van der Waals surface area contributed by atoms with E-state index in [1.807, 2.05) is 36.6 Å². The number of aryl methyl sites for hydroxylation is 1. The fourth-order valence-corrected chi connectivity index (χ4v) is 6.38. The average molecular weight is 486 g/mol. The van der Waals surface area contributed by atoms with Crippen molar-refractivity contribution in [1.82, 2.24) is 9.29 Å². The molecule has 2 aromatic carbocycles. The first-order valence-corrected chi connectivity index (χ1v) is 13.0. The number of aromatic nitrogens is 1. The highest BCUT2D eigenvalue weighted by Gasteiger charge is 2.40. The minimum atomic E-state index is -3.88. The Kier molecular flexibility index (Phi) is 5.81. The summed E-state index contributed by atoms with van der Waals surface area (Å²) in [6.07, 6.45) is 1.06. The molecular weight excluding hydrogens is 462 g/mol. The summed E-state index contributed by atoms with van der Waals surface area (Å²) in [5.74, 6) is 0.538. The van der Waals surface area contributed by atoms with Crippen molar-refractivity contribution in [2.75, 3.05) is 25.1 Å². The number of hydrogen-bond donors (Lipinski definition) is 1. The number of carbonyl (C=O) groups is 1. The molecule has 0 saturated carbocycles. The van der Waals surface area contributed by atoms with Gasteiger partial charge in [-0.15, -0.1) is 11.3 Å². The molecule has 1 atom stereocenters. The lowest BCUT2D eigenvalue weighted by Gasteiger charge is -2.24. The fourth-order valence-electron chi connectivity index (χ4n) is 3.99. The normalized spacial score (nSPS) is 18.3. The van der Waals surface area contributed by atoms with Crippen LogP contribution < -0.4 is 14.8 Å². The van der Waals surface area contributed by atoms with Crippen LogP contribution in [-0.4, -0.2) is 49.4 Å². The van der Waals surface area contributed by atoms with Gasteiger partial charge in [-0.25, -0.2) is 13.4 Å². The van der Waals surface area contributed by atoms with Gasteiger partial charge < -0.3 is 14.8 Å². The van der Waals surface area contributed by atoms with Crippen LogP contribution in [0.15, 0.2) is 52.7 Å². The van der Waals surface area contributed by atoms with E-state index in [4.69, 9.17) is 9.47 Å². The Labute approximate surface area is 196 Å². The van der Waals surface area contributed by atoms with Gasteiger partial charge in [0.05, 0.1) is 10.6 Å². The predicted molar refractivity (Wildman–Crippen MR) is 125 cm³/mol. The van der Waals surface area contributed by atoms with Gasteiger partial charge in [0.1, 0.15) is 19.3 Å². The molecule has 5 rings (SSSR count). The summed E-state index contributed by atoms with van der Waals surface area (Å²) in [6, 6.07) is 11.7. The van der Waals surface area contributed by atoms with Gasteiger partial charge in [-0.05, 0) is 31.9 Å². The molecule has 2 aliphatic rings. The number of carbonyl (C=O) groups excluding carboxylic acids is 1. The van der Waals surface area contributed by atoms with Gasteiger partial charge in [-0.1, -0.05) is 29.8 Å². The Bertz CT molecular complexity index is 1290. The number of nitrogens with one attached hydrogen (secondary N) is 1. The summed E-state index contributed by atoms with van der Waals surface area (Å²) >= 11 is 1.31. The van der Waals surface area contributed by atoms with E-state index in [1.54, 1.807) is 6.07 Å². The molecule has 3 aromatic rings. The number of fused-ring (bicyclic) bond motifs is 1. The maximum absolute atomic E-state index is 13.3. The second kappa shape index (κ2) is 8.77. The van der Waals surface area contributed by atoms with Crippen LogP contribution in [0.2, 0.25) is 0 Å². The minimum absolute atomic E-state index is 0.0855. The molecule has 1 aromatic heterocycles. The predicted octanol–water partition coefficient (Wildman–Crippen LogP) is 3.68. The number of nitrogens with zero attached hydrogens (tertiary/aromatic N) is 2. The molecule has 1 fully saturated rings. The molecule has 0 bridgehead atoms. The maximum Gasteiger partial charge on any atom is 0.244 e. The molecule has 10 heteroatoms. The van der Waals surface area contributed by atoms with Crippen molar-refractivity contribution in [2.24, 2.45) is 0 Å². The zero-order chi connectivity index (χ0) is 23.0. The van der Waals surface area contributed by atoms with Crippen LogP contribution in [0.3, 0.4) is 0 Å². The van der Waals surface area contributed by atoms with Gasteiger partial charge >= 0.3 is 0 Å². The second-order valence-corrected chi connectivity index (χ2v) is 10.7. The highest BCUT2D eigenvalue weighted by Crippen LogP contribution is 2.35. The Morgan fingerprint density at radius 3 is 2.67 bits per heavy atom. The van der Waals surface area contributed by atoms with Gasteiger partial charge in [-0.3, -0.25) is 4.79 Å². The van der Waals surface area contributed by atoms with Crippen molar-refractivity contribution in [3.63, 3.8) is 0 Å². The average Bonchev–Trinajstić information content (AvgIpc) is 3.50. The lowest BCUT2D eigenvalue weighted by molar-refractivity contribution is -0.119. The zero-order valence-corrected chi connectivity index (χ0v) is 19.6. The first-order chi connectivity index (χ1) is 15.9. The largest absolute Gasteiger partial charge is 0.486 e. The van der Waals surface area contributed by atoms with Crippen LogP contribution in [0.4, 0.5) is 5.13 Å². The molecule has 0 radical (unpaired) electrons. The fraction of sp³-hybridized carbons (Fsp3) is 0.304. The topological polar surface area (TPSA) is 97.8 Å². The van der Waals surface area contributed by atoms with E-state index < -0.39 is 16.1 Å². The van der Waals surface area contributed by atoms with E-state index in [-0.39, 0.29) is 17.3 Å². The van der Waals surface area contributed by atoms with E-state index in [1.165, 1.54) is 27.8 Å². The Morgan fingerprint density at radius 2 is 1.88 bits per heavy atom. The molecule has 3 heterocycles. The molecule has 1 unspecified atom stereocenters. The second-order valence-electron chi connectivity index (χ2n) is 7.97. The van der Waals surface area contributed by atoms with Crippen LogP contribution in [0.25, 0.3) is 11.3 Å². The van der Waals surface area contributed by atoms with Gasteiger partial charge in [0, 0.05) is 23.6 Å². The Balaban J connectivity index is 1.33. The van der Waals surface area contributed by atoms with Gasteiger partial charge in [-0.2, -0.15) is 4.31 Å². The summed E-state index contributed by atoms with van der Waals surface area (Å²) < 4.78 is 39.0. The lowest BCUT2D eigenvalue weighted by atomic mass is 10.1. The van der Waals surface area contributed by atoms with E-state index in [0.717, 1.165) is 16.8 Å². The quantitative estimate of drug-likeness (QED) is 0.592. The van der Waals surface area contributed by atoms with Crippen LogP contribution in [0, 0.1) is 6.92 Å². The van der Waals surface area contributed by atoms with Crippen LogP contribution in [-0.2, 0) is 14.8 Å². The summed E-state index contributed by atoms with van der Waals surface area (Å²) in [6.45, 7) is 3.09. The van der Waals surface area contributed by atoms with Crippen molar-refractivity contribution in [2.45, 2.75) is 30.7 Å². The molecule has 2 aliphatic heterocycles. The standard InChI is InChI=1S/C23H23N3O5S2/c1-15-4-6-16(7-5-15)18-14-32-23(24-18)25-22(27)19-3-2-10-26(19)33(28,29)17-8-9-20-21(13-17)31-12-11-30-20/h4-9,13-14,19H,2-3,10-12H2,1H3,(H,24,25,27). The molecule has 8 nitrogen and oxygen atoms in total. The lowest BCUT2D eigenvalue weighted by Crippen LogP contribution is -2.43. The number of benzene rings is 2. The van der Waals surface area contributed by atoms with Gasteiger partial charge in [0.2, 0.25) is 15.9 Å². The third kappa shape index (κ3) is 4.33. The maximum atomic E-state index is 13.3. The third-order valence-corrected chi connectivity index (χ3v) is 8.37. The third-order valence-electron chi connectivity index (χ3n) is 5.71. The van der Waals surface area contributed by atoms with Crippen molar-refractivity contribution in [1.29, 1.82) is 0 Å². The van der Waals surface area contributed by atoms with Crippen molar-refractivity contribution < 1.29 is 22.7 Å². The smallest absolute Gasteiger partial charge is 0.244 e. The number of sulfonamides is 1. The first-order valence-electron chi connectivity index (χ1n) is 10.7. The van der Waals surface area contributed by atoms with Crippen LogP contribution in [0.1, 0.15) is 18.4 Å². The number of thiazole rings is 1. The summed E-state index contributed by atoms with van der Waals surface area (Å²) in [5, 5.41) is 5.12. The van der Waals surface area contributed by atoms with Crippen molar-refractivity contribution in [3.8, 4) is 22.8 Å². The van der Waals surface area contributed by atoms with E-state index in [9.17, 15) is 13.2 Å². The number of amides is 1. The monoisotopic (exact) mass is 485 g/mol. The van der Waals surface area contributed by atoms with Crippen molar-refractivity contribution in [3.05, 3.63) is 53.4 Å². The Hall–Kier alpha value is -2.95. The molecule has 0 spiro atoms. The molecule has 1 saturated heterocycles. The molecule has 33 heavy (non-hydrogen) atoms. The highest BCUT2D eigenvalue weighted by atomic mass is 32.2. The Morgan fingerprint density at radius 1 is 1.12 bits per heavy atom. The molecular formula is C23H23N3O5S2. The number of rotatable bonds is 5. The van der Waals surface area contributed by atoms with Crippen LogP contribution in [0.5, 0.6) is 11.5 Å². The number of hydrogen-bond acceptors (Lipinski definition) is 7. The highest BCUT2D eigenvalue weighted by molar-refractivity contribution is 7.89. The molecule has 1 N–H and O–H groups in total. The SMILES string of the molecule is Cc1ccc(-c2csc(NC(=O)C3CCCN3S(=O)(=O)c3ccc4c(c3)OCCO4)n2)cc1. The minimum Gasteiger partial charge on any atom is -0.486 e. The molecule has 1 amide bonds. The van der Waals surface area contributed by atoms with E-state index in [2.05, 4.69) is 10.3 Å². The number of anilines is 1. The van der Waals surface area contributed by atoms with E-state index in [0.29, 0.717) is 42.7 Å². The molecule has 0 aliphatic carbocycles. The van der Waals surface area contributed by atoms with Crippen LogP contribution >= 0.6 is 11.3 Å². The van der Waals surface area contributed by atoms with Gasteiger partial charge in [0.25, 0.3) is 0 Å². The summed E-state index contributed by atoms with van der Waals surface area (Å²) in [4.78, 5) is 17.6. The number of ether oxygens (including phenoxy) is 2. The molecule has 172 valence electrons. The summed E-state index contributed by atoms with van der Waals surface area (Å²) in [7, 11) is -3.88. The summed E-state index contributed by atoms with van der Waals surface area (Å²) in [5.41, 5.74) is 2.88. The van der Waals surface area contributed by atoms with E-state index >= 15 is 0 Å². The zero-order valence-electron chi connectivity index (χ0n) is 18.0.